The van der Waals surface area contributed by atoms with Crippen molar-refractivity contribution in [2.24, 2.45) is 0 Å². The molecule has 0 radical (unpaired) electrons. The highest BCUT2D eigenvalue weighted by atomic mass is 19.1. The van der Waals surface area contributed by atoms with Crippen molar-refractivity contribution < 1.29 is 14.3 Å². The summed E-state index contributed by atoms with van der Waals surface area (Å²) in [7, 11) is 0. The van der Waals surface area contributed by atoms with Gasteiger partial charge in [-0.2, -0.15) is 0 Å². The second-order valence-corrected chi connectivity index (χ2v) is 4.52. The Bertz CT molecular complexity index is 602. The summed E-state index contributed by atoms with van der Waals surface area (Å²) in [6, 6.07) is 7.06. The molecule has 0 saturated heterocycles. The van der Waals surface area contributed by atoms with Gasteiger partial charge in [0, 0.05) is 18.9 Å². The van der Waals surface area contributed by atoms with Crippen LogP contribution in [0, 0.1) is 12.7 Å². The smallest absolute Gasteiger partial charge is 0.325 e. The summed E-state index contributed by atoms with van der Waals surface area (Å²) < 4.78 is 13.2. The molecule has 1 aromatic heterocycles. The van der Waals surface area contributed by atoms with Crippen LogP contribution < -0.4 is 5.32 Å². The van der Waals surface area contributed by atoms with Crippen molar-refractivity contribution in [1.82, 2.24) is 10.3 Å². The minimum Gasteiger partial charge on any atom is -0.480 e. The zero-order valence-corrected chi connectivity index (χ0v) is 11.0. The highest BCUT2D eigenvalue weighted by Gasteiger charge is 2.19. The van der Waals surface area contributed by atoms with Crippen LogP contribution in [-0.4, -0.2) is 16.1 Å². The highest BCUT2D eigenvalue weighted by molar-refractivity contribution is 5.75. The number of carbonyl (C=O) groups is 1. The zero-order valence-electron chi connectivity index (χ0n) is 11.0. The molecule has 1 aromatic carbocycles. The number of aliphatic carboxylic acids is 1. The molecule has 0 amide bonds. The Hall–Kier alpha value is -2.27. The van der Waals surface area contributed by atoms with Crippen molar-refractivity contribution in [3.63, 3.8) is 0 Å². The Morgan fingerprint density at radius 2 is 2.05 bits per heavy atom. The second-order valence-electron chi connectivity index (χ2n) is 4.52. The number of carboxylic acids is 1. The largest absolute Gasteiger partial charge is 0.480 e. The molecule has 2 N–H and O–H groups in total. The number of hydrogen-bond acceptors (Lipinski definition) is 3. The molecule has 1 heterocycles. The van der Waals surface area contributed by atoms with E-state index in [0.29, 0.717) is 17.7 Å². The van der Waals surface area contributed by atoms with E-state index in [4.69, 9.17) is 0 Å². The lowest BCUT2D eigenvalue weighted by Gasteiger charge is -2.15. The Kier molecular flexibility index (Phi) is 4.42. The summed E-state index contributed by atoms with van der Waals surface area (Å²) in [6.07, 6.45) is 3.30. The van der Waals surface area contributed by atoms with E-state index in [9.17, 15) is 14.3 Å². The molecule has 0 spiro atoms. The van der Waals surface area contributed by atoms with Gasteiger partial charge in [0.1, 0.15) is 11.9 Å². The number of carboxylic acid groups (broad SMARTS) is 1. The van der Waals surface area contributed by atoms with Crippen molar-refractivity contribution in [2.45, 2.75) is 19.5 Å². The summed E-state index contributed by atoms with van der Waals surface area (Å²) in [5.74, 6) is -1.34. The summed E-state index contributed by atoms with van der Waals surface area (Å²) in [6.45, 7) is 2.01. The first kappa shape index (κ1) is 14.1. The molecule has 5 heteroatoms. The molecule has 2 aromatic rings. The van der Waals surface area contributed by atoms with Gasteiger partial charge in [-0.1, -0.05) is 12.1 Å². The van der Waals surface area contributed by atoms with Crippen molar-refractivity contribution in [3.8, 4) is 0 Å². The van der Waals surface area contributed by atoms with Gasteiger partial charge >= 0.3 is 5.97 Å². The van der Waals surface area contributed by atoms with E-state index in [0.717, 1.165) is 5.56 Å². The van der Waals surface area contributed by atoms with E-state index in [1.54, 1.807) is 25.4 Å². The standard InChI is InChI=1S/C15H15FN2O2/c1-10-8-12(2-3-13(10)16)14(15(19)20)18-9-11-4-6-17-7-5-11/h2-8,14,18H,9H2,1H3,(H,19,20). The summed E-state index contributed by atoms with van der Waals surface area (Å²) in [5.41, 5.74) is 1.90. The maximum Gasteiger partial charge on any atom is 0.325 e. The van der Waals surface area contributed by atoms with Gasteiger partial charge < -0.3 is 5.11 Å². The predicted octanol–water partition coefficient (Wildman–Crippen LogP) is 2.44. The number of rotatable bonds is 5. The van der Waals surface area contributed by atoms with E-state index in [1.807, 2.05) is 12.1 Å². The van der Waals surface area contributed by atoms with Gasteiger partial charge in [-0.3, -0.25) is 15.1 Å². The monoisotopic (exact) mass is 274 g/mol. The fraction of sp³-hybridized carbons (Fsp3) is 0.200. The van der Waals surface area contributed by atoms with Crippen molar-refractivity contribution in [1.29, 1.82) is 0 Å². The zero-order chi connectivity index (χ0) is 14.5. The number of aryl methyl sites for hydroxylation is 1. The van der Waals surface area contributed by atoms with E-state index in [1.165, 1.54) is 12.1 Å². The number of aromatic nitrogens is 1. The Morgan fingerprint density at radius 3 is 2.65 bits per heavy atom. The van der Waals surface area contributed by atoms with Gasteiger partial charge in [-0.05, 0) is 41.8 Å². The van der Waals surface area contributed by atoms with Gasteiger partial charge in [0.15, 0.2) is 0 Å². The fourth-order valence-electron chi connectivity index (χ4n) is 1.92. The third kappa shape index (κ3) is 3.39. The van der Waals surface area contributed by atoms with Crippen LogP contribution in [0.25, 0.3) is 0 Å². The minimum absolute atomic E-state index is 0.341. The lowest BCUT2D eigenvalue weighted by atomic mass is 10.0. The number of nitrogens with zero attached hydrogens (tertiary/aromatic N) is 1. The lowest BCUT2D eigenvalue weighted by molar-refractivity contribution is -0.139. The van der Waals surface area contributed by atoms with Crippen LogP contribution in [0.5, 0.6) is 0 Å². The molecule has 0 aliphatic heterocycles. The van der Waals surface area contributed by atoms with Gasteiger partial charge in [0.2, 0.25) is 0 Å². The van der Waals surface area contributed by atoms with Crippen molar-refractivity contribution >= 4 is 5.97 Å². The van der Waals surface area contributed by atoms with Crippen LogP contribution in [0.2, 0.25) is 0 Å². The van der Waals surface area contributed by atoms with Crippen LogP contribution in [0.4, 0.5) is 4.39 Å². The summed E-state index contributed by atoms with van der Waals surface area (Å²) in [5, 5.41) is 12.2. The van der Waals surface area contributed by atoms with Gasteiger partial charge in [0.05, 0.1) is 0 Å². The molecule has 20 heavy (non-hydrogen) atoms. The van der Waals surface area contributed by atoms with Crippen LogP contribution in [0.15, 0.2) is 42.7 Å². The average Bonchev–Trinajstić information content (AvgIpc) is 2.43. The Morgan fingerprint density at radius 1 is 1.35 bits per heavy atom. The van der Waals surface area contributed by atoms with Crippen molar-refractivity contribution in [3.05, 3.63) is 65.2 Å². The van der Waals surface area contributed by atoms with Crippen LogP contribution in [0.1, 0.15) is 22.7 Å². The fourth-order valence-corrected chi connectivity index (χ4v) is 1.92. The number of benzene rings is 1. The first-order valence-corrected chi connectivity index (χ1v) is 6.19. The van der Waals surface area contributed by atoms with E-state index < -0.39 is 12.0 Å². The molecule has 104 valence electrons. The van der Waals surface area contributed by atoms with E-state index in [-0.39, 0.29) is 5.82 Å². The molecule has 1 atom stereocenters. The maximum absolute atomic E-state index is 13.2. The lowest BCUT2D eigenvalue weighted by Crippen LogP contribution is -2.28. The number of nitrogens with one attached hydrogen (secondary N) is 1. The van der Waals surface area contributed by atoms with Gasteiger partial charge in [0.25, 0.3) is 0 Å². The third-order valence-electron chi connectivity index (χ3n) is 3.02. The molecular weight excluding hydrogens is 259 g/mol. The van der Waals surface area contributed by atoms with Crippen molar-refractivity contribution in [2.75, 3.05) is 0 Å². The Balaban J connectivity index is 2.15. The number of hydrogen-bond donors (Lipinski definition) is 2. The van der Waals surface area contributed by atoms with Crippen LogP contribution in [0.3, 0.4) is 0 Å². The molecule has 1 unspecified atom stereocenters. The maximum atomic E-state index is 13.2. The first-order valence-electron chi connectivity index (χ1n) is 6.19. The molecule has 0 fully saturated rings. The number of halogens is 1. The summed E-state index contributed by atoms with van der Waals surface area (Å²) in [4.78, 5) is 15.3. The third-order valence-corrected chi connectivity index (χ3v) is 3.02. The van der Waals surface area contributed by atoms with Gasteiger partial charge in [-0.15, -0.1) is 0 Å². The van der Waals surface area contributed by atoms with Gasteiger partial charge in [-0.25, -0.2) is 4.39 Å². The molecule has 0 aliphatic carbocycles. The predicted molar refractivity (Wildman–Crippen MR) is 72.6 cm³/mol. The quantitative estimate of drug-likeness (QED) is 0.879. The van der Waals surface area contributed by atoms with E-state index in [2.05, 4.69) is 10.3 Å². The topological polar surface area (TPSA) is 62.2 Å². The minimum atomic E-state index is -0.995. The SMILES string of the molecule is Cc1cc(C(NCc2ccncc2)C(=O)O)ccc1F. The molecule has 0 aliphatic rings. The number of pyridine rings is 1. The molecular formula is C15H15FN2O2. The highest BCUT2D eigenvalue weighted by Crippen LogP contribution is 2.17. The van der Waals surface area contributed by atoms with E-state index >= 15 is 0 Å². The molecule has 2 rings (SSSR count). The normalized spacial score (nSPS) is 12.1. The molecule has 0 saturated carbocycles. The molecule has 0 bridgehead atoms. The van der Waals surface area contributed by atoms with Crippen LogP contribution in [-0.2, 0) is 11.3 Å². The molecule has 4 nitrogen and oxygen atoms in total. The first-order chi connectivity index (χ1) is 9.58. The second kappa shape index (κ2) is 6.25. The average molecular weight is 274 g/mol. The Labute approximate surface area is 116 Å². The summed E-state index contributed by atoms with van der Waals surface area (Å²) >= 11 is 0. The van der Waals surface area contributed by atoms with Crippen LogP contribution >= 0.6 is 0 Å².